The molecular formula is C20H20F3NO2. The first-order valence-electron chi connectivity index (χ1n) is 8.70. The van der Waals surface area contributed by atoms with Crippen LogP contribution in [0.1, 0.15) is 22.7 Å². The molecule has 0 amide bonds. The Labute approximate surface area is 150 Å². The largest absolute Gasteiger partial charge is 0.493 e. The van der Waals surface area contributed by atoms with E-state index in [2.05, 4.69) is 4.90 Å². The van der Waals surface area contributed by atoms with Crippen molar-refractivity contribution in [1.82, 2.24) is 4.90 Å². The number of aliphatic hydroxyl groups is 1. The van der Waals surface area contributed by atoms with Crippen LogP contribution < -0.4 is 4.74 Å². The van der Waals surface area contributed by atoms with Crippen LogP contribution in [-0.4, -0.2) is 29.8 Å². The maximum Gasteiger partial charge on any atom is 0.416 e. The predicted octanol–water partition coefficient (Wildman–Crippen LogP) is 3.88. The Morgan fingerprint density at radius 1 is 1.08 bits per heavy atom. The molecule has 1 N–H and O–H groups in total. The quantitative estimate of drug-likeness (QED) is 0.898. The minimum Gasteiger partial charge on any atom is -0.493 e. The number of nitrogens with zero attached hydrogens (tertiary/aromatic N) is 1. The monoisotopic (exact) mass is 363 g/mol. The van der Waals surface area contributed by atoms with Crippen molar-refractivity contribution in [1.29, 1.82) is 0 Å². The van der Waals surface area contributed by atoms with E-state index in [4.69, 9.17) is 4.74 Å². The lowest BCUT2D eigenvalue weighted by Gasteiger charge is -2.34. The van der Waals surface area contributed by atoms with Gasteiger partial charge in [0.25, 0.3) is 0 Å². The topological polar surface area (TPSA) is 32.7 Å². The van der Waals surface area contributed by atoms with Crippen LogP contribution in [0.2, 0.25) is 0 Å². The van der Waals surface area contributed by atoms with Gasteiger partial charge >= 0.3 is 6.18 Å². The molecule has 2 aliphatic heterocycles. The summed E-state index contributed by atoms with van der Waals surface area (Å²) in [6.07, 6.45) is -4.32. The van der Waals surface area contributed by atoms with Crippen molar-refractivity contribution in [3.63, 3.8) is 0 Å². The van der Waals surface area contributed by atoms with E-state index in [-0.39, 0.29) is 24.5 Å². The van der Waals surface area contributed by atoms with Crippen LogP contribution in [0.4, 0.5) is 13.2 Å². The van der Waals surface area contributed by atoms with Crippen LogP contribution in [0, 0.1) is 11.8 Å². The Bertz CT molecular complexity index is 775. The fourth-order valence-electron chi connectivity index (χ4n) is 4.17. The van der Waals surface area contributed by atoms with Gasteiger partial charge in [-0.05, 0) is 23.8 Å². The Morgan fingerprint density at radius 3 is 2.50 bits per heavy atom. The molecule has 3 atom stereocenters. The van der Waals surface area contributed by atoms with Gasteiger partial charge in [-0.25, -0.2) is 0 Å². The highest BCUT2D eigenvalue weighted by molar-refractivity contribution is 5.39. The summed E-state index contributed by atoms with van der Waals surface area (Å²) in [5.41, 5.74) is 1.29. The number of ether oxygens (including phenoxy) is 1. The lowest BCUT2D eigenvalue weighted by molar-refractivity contribution is -0.137. The van der Waals surface area contributed by atoms with Crippen molar-refractivity contribution < 1.29 is 23.0 Å². The molecule has 2 aromatic carbocycles. The van der Waals surface area contributed by atoms with Crippen LogP contribution in [-0.2, 0) is 12.7 Å². The van der Waals surface area contributed by atoms with Crippen LogP contribution >= 0.6 is 0 Å². The molecule has 0 saturated carbocycles. The summed E-state index contributed by atoms with van der Waals surface area (Å²) >= 11 is 0. The molecule has 0 bridgehead atoms. The number of fused-ring (bicyclic) bond motifs is 3. The normalized spacial score (nSPS) is 25.5. The zero-order chi connectivity index (χ0) is 18.3. The number of benzene rings is 2. The molecular weight excluding hydrogens is 343 g/mol. The molecule has 26 heavy (non-hydrogen) atoms. The standard InChI is InChI=1S/C20H20F3NO2/c21-20(22,23)15-7-5-13(6-8-15)9-24-10-14(11-25)17-12-26-18-4-2-1-3-16(18)19(17)24/h1-8,14,17,19,25H,9-12H2/t14-,17-,19-/m0/s1. The average Bonchev–Trinajstić information content (AvgIpc) is 2.99. The molecule has 138 valence electrons. The Kier molecular flexibility index (Phi) is 4.40. The first kappa shape index (κ1) is 17.4. The number of para-hydroxylation sites is 1. The Hall–Kier alpha value is -2.05. The van der Waals surface area contributed by atoms with E-state index in [1.54, 1.807) is 0 Å². The second-order valence-corrected chi connectivity index (χ2v) is 7.02. The molecule has 1 saturated heterocycles. The summed E-state index contributed by atoms with van der Waals surface area (Å²) in [6, 6.07) is 13.3. The summed E-state index contributed by atoms with van der Waals surface area (Å²) in [5.74, 6) is 1.14. The SMILES string of the molecule is OC[C@@H]1CN(Cc2ccc(C(F)(F)F)cc2)[C@H]2c3ccccc3OC[C@@H]12. The van der Waals surface area contributed by atoms with Gasteiger partial charge in [-0.2, -0.15) is 13.2 Å². The summed E-state index contributed by atoms with van der Waals surface area (Å²) in [4.78, 5) is 2.25. The highest BCUT2D eigenvalue weighted by Crippen LogP contribution is 2.47. The number of halogens is 3. The number of rotatable bonds is 3. The lowest BCUT2D eigenvalue weighted by Crippen LogP contribution is -2.31. The second-order valence-electron chi connectivity index (χ2n) is 7.02. The zero-order valence-electron chi connectivity index (χ0n) is 14.1. The third kappa shape index (κ3) is 3.08. The van der Waals surface area contributed by atoms with Crippen LogP contribution in [0.5, 0.6) is 5.75 Å². The highest BCUT2D eigenvalue weighted by atomic mass is 19.4. The number of hydrogen-bond acceptors (Lipinski definition) is 3. The minimum atomic E-state index is -4.32. The first-order valence-corrected chi connectivity index (χ1v) is 8.70. The Morgan fingerprint density at radius 2 is 1.81 bits per heavy atom. The smallest absolute Gasteiger partial charge is 0.416 e. The molecule has 3 nitrogen and oxygen atoms in total. The van der Waals surface area contributed by atoms with Crippen molar-refractivity contribution >= 4 is 0 Å². The van der Waals surface area contributed by atoms with Crippen molar-refractivity contribution in [2.24, 2.45) is 11.8 Å². The average molecular weight is 363 g/mol. The van der Waals surface area contributed by atoms with Crippen LogP contribution in [0.15, 0.2) is 48.5 Å². The van der Waals surface area contributed by atoms with Crippen LogP contribution in [0.3, 0.4) is 0 Å². The van der Waals surface area contributed by atoms with Gasteiger partial charge < -0.3 is 9.84 Å². The Balaban J connectivity index is 1.60. The van der Waals surface area contributed by atoms with Gasteiger partial charge in [-0.1, -0.05) is 30.3 Å². The van der Waals surface area contributed by atoms with Gasteiger partial charge in [0.05, 0.1) is 12.2 Å². The van der Waals surface area contributed by atoms with Crippen LogP contribution in [0.25, 0.3) is 0 Å². The highest BCUT2D eigenvalue weighted by Gasteiger charge is 2.45. The van der Waals surface area contributed by atoms with Crippen molar-refractivity contribution in [2.45, 2.75) is 18.8 Å². The maximum absolute atomic E-state index is 12.8. The van der Waals surface area contributed by atoms with Crippen molar-refractivity contribution in [3.8, 4) is 5.75 Å². The maximum atomic E-state index is 12.8. The number of aliphatic hydroxyl groups excluding tert-OH is 1. The number of hydrogen-bond donors (Lipinski definition) is 1. The van der Waals surface area contributed by atoms with Gasteiger partial charge in [0.1, 0.15) is 5.75 Å². The fraction of sp³-hybridized carbons (Fsp3) is 0.400. The third-order valence-corrected chi connectivity index (χ3v) is 5.44. The molecule has 4 rings (SSSR count). The van der Waals surface area contributed by atoms with Crippen molar-refractivity contribution in [2.75, 3.05) is 19.8 Å². The molecule has 0 radical (unpaired) electrons. The number of alkyl halides is 3. The van der Waals surface area contributed by atoms with Gasteiger partial charge in [0.15, 0.2) is 0 Å². The number of likely N-dealkylation sites (tertiary alicyclic amines) is 1. The third-order valence-electron chi connectivity index (χ3n) is 5.44. The summed E-state index contributed by atoms with van der Waals surface area (Å²) < 4.78 is 44.1. The van der Waals surface area contributed by atoms with Gasteiger partial charge in [-0.15, -0.1) is 0 Å². The van der Waals surface area contributed by atoms with E-state index in [1.165, 1.54) is 12.1 Å². The fourth-order valence-corrected chi connectivity index (χ4v) is 4.17. The summed E-state index contributed by atoms with van der Waals surface area (Å²) in [7, 11) is 0. The first-order chi connectivity index (χ1) is 12.5. The van der Waals surface area contributed by atoms with E-state index < -0.39 is 11.7 Å². The van der Waals surface area contributed by atoms with Gasteiger partial charge in [0.2, 0.25) is 0 Å². The lowest BCUT2D eigenvalue weighted by atomic mass is 9.86. The molecule has 0 aromatic heterocycles. The predicted molar refractivity (Wildman–Crippen MR) is 90.6 cm³/mol. The molecule has 6 heteroatoms. The van der Waals surface area contributed by atoms with Crippen molar-refractivity contribution in [3.05, 3.63) is 65.2 Å². The van der Waals surface area contributed by atoms with Gasteiger partial charge in [0, 0.05) is 43.1 Å². The van der Waals surface area contributed by atoms with E-state index >= 15 is 0 Å². The van der Waals surface area contributed by atoms with E-state index in [0.29, 0.717) is 19.7 Å². The molecule has 2 aromatic rings. The van der Waals surface area contributed by atoms with Gasteiger partial charge in [-0.3, -0.25) is 4.90 Å². The molecule has 0 unspecified atom stereocenters. The molecule has 2 heterocycles. The molecule has 1 fully saturated rings. The molecule has 0 spiro atoms. The molecule has 0 aliphatic carbocycles. The van der Waals surface area contributed by atoms with E-state index in [0.717, 1.165) is 29.0 Å². The zero-order valence-corrected chi connectivity index (χ0v) is 14.1. The molecule has 2 aliphatic rings. The second kappa shape index (κ2) is 6.59. The summed E-state index contributed by atoms with van der Waals surface area (Å²) in [6.45, 7) is 1.88. The minimum absolute atomic E-state index is 0.0796. The van der Waals surface area contributed by atoms with E-state index in [1.807, 2.05) is 24.3 Å². The summed E-state index contributed by atoms with van der Waals surface area (Å²) in [5, 5.41) is 9.76. The van der Waals surface area contributed by atoms with E-state index in [9.17, 15) is 18.3 Å².